The summed E-state index contributed by atoms with van der Waals surface area (Å²) in [6.07, 6.45) is 1.61. The fraction of sp³-hybridized carbons (Fsp3) is 0.167. The molecule has 0 aliphatic heterocycles. The Morgan fingerprint density at radius 1 is 1.23 bits per heavy atom. The zero-order valence-corrected chi connectivity index (χ0v) is 16.6. The Balaban J connectivity index is 1.74. The van der Waals surface area contributed by atoms with E-state index in [9.17, 15) is 4.79 Å². The summed E-state index contributed by atoms with van der Waals surface area (Å²) in [5, 5.41) is 11.3. The van der Waals surface area contributed by atoms with Crippen LogP contribution in [0.1, 0.15) is 6.92 Å². The summed E-state index contributed by atoms with van der Waals surface area (Å²) in [6, 6.07) is 15.0. The number of para-hydroxylation sites is 2. The van der Waals surface area contributed by atoms with Crippen molar-refractivity contribution in [2.24, 2.45) is 0 Å². The number of benzene rings is 2. The zero-order chi connectivity index (χ0) is 18.5. The monoisotopic (exact) mass is 432 g/mol. The third-order valence-electron chi connectivity index (χ3n) is 3.62. The van der Waals surface area contributed by atoms with Gasteiger partial charge in [-0.1, -0.05) is 39.8 Å². The second-order valence-electron chi connectivity index (χ2n) is 5.41. The van der Waals surface area contributed by atoms with Gasteiger partial charge in [0.15, 0.2) is 5.16 Å². The summed E-state index contributed by atoms with van der Waals surface area (Å²) in [5.41, 5.74) is 1.57. The number of rotatable bonds is 6. The van der Waals surface area contributed by atoms with E-state index < -0.39 is 0 Å². The van der Waals surface area contributed by atoms with E-state index in [4.69, 9.17) is 4.74 Å². The average Bonchev–Trinajstić information content (AvgIpc) is 3.11. The van der Waals surface area contributed by atoms with Crippen LogP contribution in [-0.2, 0) is 4.79 Å². The summed E-state index contributed by atoms with van der Waals surface area (Å²) in [5.74, 6) is 0.605. The number of hydrogen-bond acceptors (Lipinski definition) is 5. The van der Waals surface area contributed by atoms with Crippen LogP contribution in [0.5, 0.6) is 5.75 Å². The van der Waals surface area contributed by atoms with Crippen LogP contribution >= 0.6 is 27.7 Å². The summed E-state index contributed by atoms with van der Waals surface area (Å²) in [6.45, 7) is 1.83. The molecule has 0 saturated heterocycles. The minimum Gasteiger partial charge on any atom is -0.495 e. The number of carbonyl (C=O) groups is 1. The van der Waals surface area contributed by atoms with Gasteiger partial charge in [-0.15, -0.1) is 10.2 Å². The largest absolute Gasteiger partial charge is 0.495 e. The van der Waals surface area contributed by atoms with Gasteiger partial charge in [-0.05, 0) is 43.3 Å². The van der Waals surface area contributed by atoms with Crippen molar-refractivity contribution in [2.75, 3.05) is 12.4 Å². The van der Waals surface area contributed by atoms with Crippen LogP contribution < -0.4 is 10.1 Å². The lowest BCUT2D eigenvalue weighted by molar-refractivity contribution is -0.115. The fourth-order valence-electron chi connectivity index (χ4n) is 2.29. The number of ether oxygens (including phenoxy) is 1. The molecule has 0 saturated carbocycles. The maximum atomic E-state index is 12.5. The Bertz CT molecular complexity index is 898. The van der Waals surface area contributed by atoms with Crippen molar-refractivity contribution >= 4 is 39.3 Å². The molecule has 2 aromatic carbocycles. The molecule has 0 spiro atoms. The van der Waals surface area contributed by atoms with Crippen molar-refractivity contribution in [3.8, 4) is 11.4 Å². The standard InChI is InChI=1S/C18H17BrN4O2S/c1-12(17(24)21-14-9-7-13(19)8-10-14)26-18-22-20-11-23(18)15-5-3-4-6-16(15)25-2/h3-12H,1-2H3,(H,21,24)/t12-/m1/s1. The molecule has 0 fully saturated rings. The van der Waals surface area contributed by atoms with Crippen LogP contribution in [0.3, 0.4) is 0 Å². The lowest BCUT2D eigenvalue weighted by atomic mass is 10.3. The molecule has 0 aliphatic rings. The lowest BCUT2D eigenvalue weighted by Gasteiger charge is -2.14. The average molecular weight is 433 g/mol. The maximum absolute atomic E-state index is 12.5. The summed E-state index contributed by atoms with van der Waals surface area (Å²) >= 11 is 4.71. The topological polar surface area (TPSA) is 69.0 Å². The molecule has 3 aromatic rings. The molecule has 1 atom stereocenters. The number of nitrogens with zero attached hydrogens (tertiary/aromatic N) is 3. The molecule has 0 radical (unpaired) electrons. The summed E-state index contributed by atoms with van der Waals surface area (Å²) in [7, 11) is 1.62. The Hall–Kier alpha value is -2.32. The molecule has 8 heteroatoms. The van der Waals surface area contributed by atoms with Crippen molar-refractivity contribution < 1.29 is 9.53 Å². The highest BCUT2D eigenvalue weighted by Crippen LogP contribution is 2.29. The van der Waals surface area contributed by atoms with Gasteiger partial charge in [-0.25, -0.2) is 0 Å². The number of hydrogen-bond donors (Lipinski definition) is 1. The van der Waals surface area contributed by atoms with Crippen molar-refractivity contribution in [1.82, 2.24) is 14.8 Å². The zero-order valence-electron chi connectivity index (χ0n) is 14.2. The fourth-order valence-corrected chi connectivity index (χ4v) is 3.39. The molecule has 26 heavy (non-hydrogen) atoms. The Morgan fingerprint density at radius 3 is 2.69 bits per heavy atom. The molecule has 0 bridgehead atoms. The smallest absolute Gasteiger partial charge is 0.237 e. The van der Waals surface area contributed by atoms with Gasteiger partial charge in [0, 0.05) is 10.2 Å². The van der Waals surface area contributed by atoms with E-state index in [-0.39, 0.29) is 11.2 Å². The molecular formula is C18H17BrN4O2S. The molecule has 0 unspecified atom stereocenters. The van der Waals surface area contributed by atoms with E-state index in [0.29, 0.717) is 10.9 Å². The van der Waals surface area contributed by atoms with E-state index in [1.807, 2.05) is 60.0 Å². The van der Waals surface area contributed by atoms with Gasteiger partial charge in [0.05, 0.1) is 18.0 Å². The van der Waals surface area contributed by atoms with Crippen LogP contribution in [0, 0.1) is 0 Å². The molecule has 1 N–H and O–H groups in total. The SMILES string of the molecule is COc1ccccc1-n1cnnc1S[C@H](C)C(=O)Nc1ccc(Br)cc1. The van der Waals surface area contributed by atoms with Crippen molar-refractivity contribution in [3.63, 3.8) is 0 Å². The minimum absolute atomic E-state index is 0.105. The van der Waals surface area contributed by atoms with E-state index in [1.165, 1.54) is 11.8 Å². The molecular weight excluding hydrogens is 416 g/mol. The van der Waals surface area contributed by atoms with E-state index in [0.717, 1.165) is 15.8 Å². The predicted molar refractivity (Wildman–Crippen MR) is 106 cm³/mol. The highest BCUT2D eigenvalue weighted by molar-refractivity contribution is 9.10. The van der Waals surface area contributed by atoms with Crippen LogP contribution in [-0.4, -0.2) is 33.0 Å². The van der Waals surface area contributed by atoms with E-state index >= 15 is 0 Å². The first-order valence-electron chi connectivity index (χ1n) is 7.85. The molecule has 1 amide bonds. The van der Waals surface area contributed by atoms with Gasteiger partial charge in [-0.3, -0.25) is 9.36 Å². The van der Waals surface area contributed by atoms with E-state index in [1.54, 1.807) is 13.4 Å². The van der Waals surface area contributed by atoms with Gasteiger partial charge in [0.2, 0.25) is 5.91 Å². The predicted octanol–water partition coefficient (Wildman–Crippen LogP) is 4.16. The normalized spacial score (nSPS) is 11.8. The first-order chi connectivity index (χ1) is 12.6. The van der Waals surface area contributed by atoms with E-state index in [2.05, 4.69) is 31.4 Å². The summed E-state index contributed by atoms with van der Waals surface area (Å²) in [4.78, 5) is 12.5. The molecule has 1 aromatic heterocycles. The number of amides is 1. The minimum atomic E-state index is -0.351. The van der Waals surface area contributed by atoms with Crippen molar-refractivity contribution in [2.45, 2.75) is 17.3 Å². The van der Waals surface area contributed by atoms with Gasteiger partial charge in [0.25, 0.3) is 0 Å². The van der Waals surface area contributed by atoms with Crippen molar-refractivity contribution in [1.29, 1.82) is 0 Å². The number of aromatic nitrogens is 3. The van der Waals surface area contributed by atoms with Crippen LogP contribution in [0.15, 0.2) is 64.5 Å². The molecule has 6 nitrogen and oxygen atoms in total. The first kappa shape index (κ1) is 18.5. The molecule has 1 heterocycles. The second-order valence-corrected chi connectivity index (χ2v) is 7.64. The Labute approximate surface area is 164 Å². The van der Waals surface area contributed by atoms with Gasteiger partial charge in [0.1, 0.15) is 12.1 Å². The van der Waals surface area contributed by atoms with Gasteiger partial charge >= 0.3 is 0 Å². The highest BCUT2D eigenvalue weighted by Gasteiger charge is 2.19. The molecule has 134 valence electrons. The number of anilines is 1. The number of carbonyl (C=O) groups excluding carboxylic acids is 1. The van der Waals surface area contributed by atoms with Crippen molar-refractivity contribution in [3.05, 3.63) is 59.3 Å². The first-order valence-corrected chi connectivity index (χ1v) is 9.52. The summed E-state index contributed by atoms with van der Waals surface area (Å²) < 4.78 is 8.17. The highest BCUT2D eigenvalue weighted by atomic mass is 79.9. The van der Waals surface area contributed by atoms with Crippen LogP contribution in [0.4, 0.5) is 5.69 Å². The molecule has 0 aliphatic carbocycles. The third-order valence-corrected chi connectivity index (χ3v) is 5.21. The molecule has 3 rings (SSSR count). The number of nitrogens with one attached hydrogen (secondary N) is 1. The van der Waals surface area contributed by atoms with Crippen LogP contribution in [0.2, 0.25) is 0 Å². The van der Waals surface area contributed by atoms with Gasteiger partial charge < -0.3 is 10.1 Å². The lowest BCUT2D eigenvalue weighted by Crippen LogP contribution is -2.22. The number of halogens is 1. The quantitative estimate of drug-likeness (QED) is 0.592. The van der Waals surface area contributed by atoms with Gasteiger partial charge in [-0.2, -0.15) is 0 Å². The Kier molecular flexibility index (Phi) is 5.95. The number of methoxy groups -OCH3 is 1. The second kappa shape index (κ2) is 8.37. The maximum Gasteiger partial charge on any atom is 0.237 e. The van der Waals surface area contributed by atoms with Crippen LogP contribution in [0.25, 0.3) is 5.69 Å². The Morgan fingerprint density at radius 2 is 1.96 bits per heavy atom. The number of thioether (sulfide) groups is 1. The third kappa shape index (κ3) is 4.25.